The first-order valence-electron chi connectivity index (χ1n) is 12.5. The van der Waals surface area contributed by atoms with Crippen molar-refractivity contribution in [3.05, 3.63) is 112 Å². The molecule has 5 rings (SSSR count). The van der Waals surface area contributed by atoms with Crippen molar-refractivity contribution in [1.82, 2.24) is 14.9 Å². The van der Waals surface area contributed by atoms with Gasteiger partial charge in [-0.05, 0) is 100 Å². The molecule has 0 radical (unpaired) electrons. The van der Waals surface area contributed by atoms with Gasteiger partial charge in [0.15, 0.2) is 5.11 Å². The molecule has 4 aromatic rings. The quantitative estimate of drug-likeness (QED) is 0.149. The Balaban J connectivity index is 1.50. The molecule has 3 heterocycles. The molecule has 1 aliphatic rings. The van der Waals surface area contributed by atoms with Crippen LogP contribution in [0.5, 0.6) is 0 Å². The molecule has 1 N–H and O–H groups in total. The van der Waals surface area contributed by atoms with Crippen LogP contribution < -0.4 is 10.2 Å². The smallest absolute Gasteiger partial charge is 0.269 e. The van der Waals surface area contributed by atoms with Crippen LogP contribution in [0.25, 0.3) is 0 Å². The van der Waals surface area contributed by atoms with Crippen LogP contribution in [0.2, 0.25) is 0 Å². The van der Waals surface area contributed by atoms with Crippen LogP contribution in [-0.2, 0) is 0 Å². The van der Waals surface area contributed by atoms with Crippen molar-refractivity contribution in [2.24, 2.45) is 0 Å². The van der Waals surface area contributed by atoms with Gasteiger partial charge in [-0.25, -0.2) is 0 Å². The molecule has 0 bridgehead atoms. The number of nitrogens with one attached hydrogen (secondary N) is 1. The van der Waals surface area contributed by atoms with Crippen LogP contribution in [0.15, 0.2) is 88.8 Å². The summed E-state index contributed by atoms with van der Waals surface area (Å²) in [7, 11) is 0. The number of nitro groups is 1. The summed E-state index contributed by atoms with van der Waals surface area (Å²) < 4.78 is 2.37. The van der Waals surface area contributed by atoms with E-state index in [1.807, 2.05) is 24.4 Å². The van der Waals surface area contributed by atoms with Gasteiger partial charge < -0.3 is 14.8 Å². The molecule has 0 amide bonds. The van der Waals surface area contributed by atoms with E-state index in [-0.39, 0.29) is 22.7 Å². The van der Waals surface area contributed by atoms with E-state index < -0.39 is 0 Å². The van der Waals surface area contributed by atoms with E-state index in [1.165, 1.54) is 29.1 Å². The molecule has 0 unspecified atom stereocenters. The second kappa shape index (κ2) is 10.6. The first kappa shape index (κ1) is 25.9. The number of nitro benzene ring substituents is 1. The Hall–Kier alpha value is -3.69. The fraction of sp³-hybridized carbons (Fsp3) is 0.241. The van der Waals surface area contributed by atoms with Crippen LogP contribution in [0.3, 0.4) is 0 Å². The highest BCUT2D eigenvalue weighted by Crippen LogP contribution is 2.44. The van der Waals surface area contributed by atoms with E-state index in [4.69, 9.17) is 12.2 Å². The zero-order valence-electron chi connectivity index (χ0n) is 21.7. The highest BCUT2D eigenvalue weighted by atomic mass is 32.2. The molecule has 2 atom stereocenters. The molecule has 0 spiro atoms. The molecule has 2 aromatic carbocycles. The van der Waals surface area contributed by atoms with Gasteiger partial charge in [0.05, 0.1) is 22.7 Å². The topological polar surface area (TPSA) is 76.2 Å². The zero-order valence-corrected chi connectivity index (χ0v) is 23.3. The molecule has 7 nitrogen and oxygen atoms in total. The predicted molar refractivity (Wildman–Crippen MR) is 156 cm³/mol. The van der Waals surface area contributed by atoms with Gasteiger partial charge in [0, 0.05) is 51.2 Å². The number of benzene rings is 2. The Morgan fingerprint density at radius 3 is 2.24 bits per heavy atom. The number of anilines is 1. The van der Waals surface area contributed by atoms with Crippen molar-refractivity contribution < 1.29 is 4.92 Å². The lowest BCUT2D eigenvalue weighted by atomic mass is 9.96. The second-order valence-electron chi connectivity index (χ2n) is 9.63. The number of thiocarbonyl (C=S) groups is 1. The van der Waals surface area contributed by atoms with E-state index in [0.717, 1.165) is 21.2 Å². The maximum atomic E-state index is 11.0. The fourth-order valence-corrected chi connectivity index (χ4v) is 6.45. The lowest BCUT2D eigenvalue weighted by Gasteiger charge is -2.28. The van der Waals surface area contributed by atoms with Gasteiger partial charge in [-0.2, -0.15) is 0 Å². The summed E-state index contributed by atoms with van der Waals surface area (Å²) in [5, 5.41) is 15.2. The monoisotopic (exact) mass is 543 g/mol. The molecule has 2 aromatic heterocycles. The molecule has 0 saturated carbocycles. The number of rotatable bonds is 7. The predicted octanol–water partition coefficient (Wildman–Crippen LogP) is 7.32. The SMILES string of the molecule is Cc1cc([C@H]2[C@@H](c3ccccn3)NC(=S)N2c2ccc(Sc3ccc([N+](=O)[O-])cc3)cc2)c(C)n1C(C)C. The number of non-ortho nitro benzene ring substituents is 1. The number of nitrogens with zero attached hydrogens (tertiary/aromatic N) is 4. The maximum absolute atomic E-state index is 11.0. The molecule has 9 heteroatoms. The fourth-order valence-electron chi connectivity index (χ4n) is 5.29. The van der Waals surface area contributed by atoms with E-state index in [9.17, 15) is 10.1 Å². The summed E-state index contributed by atoms with van der Waals surface area (Å²) >= 11 is 7.46. The van der Waals surface area contributed by atoms with Crippen molar-refractivity contribution in [3.8, 4) is 0 Å². The second-order valence-corrected chi connectivity index (χ2v) is 11.2. The lowest BCUT2D eigenvalue weighted by Crippen LogP contribution is -2.29. The largest absolute Gasteiger partial charge is 0.351 e. The number of aromatic nitrogens is 2. The van der Waals surface area contributed by atoms with Crippen LogP contribution in [-0.4, -0.2) is 19.6 Å². The standard InChI is InChI=1S/C29H29N5O2S2/c1-18(2)32-19(3)17-25(20(32)4)28-27(26-7-5-6-16-30-26)31-29(37)33(28)21-8-12-23(13-9-21)38-24-14-10-22(11-15-24)34(35)36/h5-18,27-28H,1-4H3,(H,31,37)/t27-,28+/m1/s1. The maximum Gasteiger partial charge on any atom is 0.269 e. The van der Waals surface area contributed by atoms with Crippen molar-refractivity contribution in [2.45, 2.75) is 55.6 Å². The molecular formula is C29H29N5O2S2. The van der Waals surface area contributed by atoms with Crippen molar-refractivity contribution in [2.75, 3.05) is 4.90 Å². The van der Waals surface area contributed by atoms with Gasteiger partial charge in [0.1, 0.15) is 0 Å². The van der Waals surface area contributed by atoms with Crippen LogP contribution in [0, 0.1) is 24.0 Å². The van der Waals surface area contributed by atoms with Crippen LogP contribution >= 0.6 is 24.0 Å². The third kappa shape index (κ3) is 4.91. The van der Waals surface area contributed by atoms with Crippen LogP contribution in [0.4, 0.5) is 11.4 Å². The van der Waals surface area contributed by atoms with Gasteiger partial charge in [-0.15, -0.1) is 0 Å². The molecule has 194 valence electrons. The normalized spacial score (nSPS) is 17.2. The molecule has 1 aliphatic heterocycles. The minimum Gasteiger partial charge on any atom is -0.351 e. The minimum absolute atomic E-state index is 0.0655. The average molecular weight is 544 g/mol. The molecule has 1 saturated heterocycles. The van der Waals surface area contributed by atoms with E-state index in [2.05, 4.69) is 77.8 Å². The van der Waals surface area contributed by atoms with Crippen molar-refractivity contribution in [1.29, 1.82) is 0 Å². The van der Waals surface area contributed by atoms with Gasteiger partial charge in [-0.3, -0.25) is 15.1 Å². The number of aryl methyl sites for hydroxylation is 1. The van der Waals surface area contributed by atoms with Gasteiger partial charge >= 0.3 is 0 Å². The average Bonchev–Trinajstić information content (AvgIpc) is 3.40. The summed E-state index contributed by atoms with van der Waals surface area (Å²) in [5.74, 6) is 0. The lowest BCUT2D eigenvalue weighted by molar-refractivity contribution is -0.384. The Morgan fingerprint density at radius 2 is 1.68 bits per heavy atom. The molecule has 0 aliphatic carbocycles. The van der Waals surface area contributed by atoms with Gasteiger partial charge in [-0.1, -0.05) is 17.8 Å². The Morgan fingerprint density at radius 1 is 1.03 bits per heavy atom. The Bertz CT molecular complexity index is 1470. The van der Waals surface area contributed by atoms with E-state index in [0.29, 0.717) is 11.2 Å². The Kier molecular flexibility index (Phi) is 7.23. The summed E-state index contributed by atoms with van der Waals surface area (Å²) in [6.07, 6.45) is 1.82. The number of pyridine rings is 1. The zero-order chi connectivity index (χ0) is 27.0. The summed E-state index contributed by atoms with van der Waals surface area (Å²) in [6, 6.07) is 23.3. The van der Waals surface area contributed by atoms with E-state index >= 15 is 0 Å². The van der Waals surface area contributed by atoms with Crippen molar-refractivity contribution >= 4 is 40.5 Å². The summed E-state index contributed by atoms with van der Waals surface area (Å²) in [5.41, 5.74) is 5.70. The summed E-state index contributed by atoms with van der Waals surface area (Å²) in [4.78, 5) is 19.4. The summed E-state index contributed by atoms with van der Waals surface area (Å²) in [6.45, 7) is 8.75. The van der Waals surface area contributed by atoms with Gasteiger partial charge in [0.2, 0.25) is 0 Å². The van der Waals surface area contributed by atoms with Crippen LogP contribution in [0.1, 0.15) is 54.6 Å². The molecule has 1 fully saturated rings. The third-order valence-corrected chi connectivity index (χ3v) is 8.19. The number of hydrogen-bond donors (Lipinski definition) is 1. The molecule has 38 heavy (non-hydrogen) atoms. The Labute approximate surface area is 232 Å². The molecular weight excluding hydrogens is 514 g/mol. The highest BCUT2D eigenvalue weighted by molar-refractivity contribution is 7.99. The highest BCUT2D eigenvalue weighted by Gasteiger charge is 2.42. The first-order chi connectivity index (χ1) is 18.2. The first-order valence-corrected chi connectivity index (χ1v) is 13.7. The minimum atomic E-state index is -0.385. The van der Waals surface area contributed by atoms with Gasteiger partial charge in [0.25, 0.3) is 5.69 Å². The van der Waals surface area contributed by atoms with Crippen molar-refractivity contribution in [3.63, 3.8) is 0 Å². The number of hydrogen-bond acceptors (Lipinski definition) is 5. The van der Waals surface area contributed by atoms with E-state index in [1.54, 1.807) is 23.9 Å². The third-order valence-electron chi connectivity index (χ3n) is 6.85.